The molecule has 0 radical (unpaired) electrons. The predicted octanol–water partition coefficient (Wildman–Crippen LogP) is 2.73. The van der Waals surface area contributed by atoms with Gasteiger partial charge < -0.3 is 10.5 Å². The quantitative estimate of drug-likeness (QED) is 0.827. The summed E-state index contributed by atoms with van der Waals surface area (Å²) in [6.45, 7) is 10.5. The molecule has 1 rings (SSSR count). The molecule has 0 aliphatic rings. The van der Waals surface area contributed by atoms with E-state index in [0.717, 1.165) is 11.3 Å². The molecule has 23 heavy (non-hydrogen) atoms. The molecule has 2 N–H and O–H groups in total. The van der Waals surface area contributed by atoms with Crippen LogP contribution in [0, 0.1) is 12.3 Å². The van der Waals surface area contributed by atoms with Crippen molar-refractivity contribution in [2.45, 2.75) is 45.4 Å². The monoisotopic (exact) mass is 342 g/mol. The lowest BCUT2D eigenvalue weighted by molar-refractivity contribution is 0.292. The maximum absolute atomic E-state index is 13.0. The van der Waals surface area contributed by atoms with E-state index in [4.69, 9.17) is 10.5 Å². The van der Waals surface area contributed by atoms with Crippen LogP contribution in [-0.4, -0.2) is 40.0 Å². The summed E-state index contributed by atoms with van der Waals surface area (Å²) in [5.41, 5.74) is 7.03. The number of rotatable bonds is 7. The summed E-state index contributed by atoms with van der Waals surface area (Å²) in [7, 11) is -0.367. The molecule has 1 aromatic carbocycles. The molecule has 1 aromatic rings. The standard InChI is InChI=1S/C17H30N2O3S/c1-12(2)14-9-16(13(3)8-15(14)22-7)23(20,21)19(6)11-17(4,5)10-18/h8-9,12H,10-11,18H2,1-7H3. The first-order chi connectivity index (χ1) is 10.5. The zero-order chi connectivity index (χ0) is 18.0. The van der Waals surface area contributed by atoms with Gasteiger partial charge in [0.1, 0.15) is 5.75 Å². The fourth-order valence-corrected chi connectivity index (χ4v) is 4.10. The van der Waals surface area contributed by atoms with E-state index in [1.54, 1.807) is 33.2 Å². The van der Waals surface area contributed by atoms with Crippen LogP contribution >= 0.6 is 0 Å². The number of methoxy groups -OCH3 is 1. The zero-order valence-corrected chi connectivity index (χ0v) is 16.1. The number of benzene rings is 1. The largest absolute Gasteiger partial charge is 0.496 e. The molecule has 6 heteroatoms. The van der Waals surface area contributed by atoms with E-state index in [-0.39, 0.29) is 11.3 Å². The molecule has 0 fully saturated rings. The van der Waals surface area contributed by atoms with Crippen LogP contribution in [0.3, 0.4) is 0 Å². The Balaban J connectivity index is 3.36. The minimum atomic E-state index is -3.57. The summed E-state index contributed by atoms with van der Waals surface area (Å²) in [5, 5.41) is 0. The highest BCUT2D eigenvalue weighted by Gasteiger charge is 2.29. The average molecular weight is 343 g/mol. The summed E-state index contributed by atoms with van der Waals surface area (Å²) in [6, 6.07) is 3.53. The Kier molecular flexibility index (Phi) is 6.24. The zero-order valence-electron chi connectivity index (χ0n) is 15.3. The number of sulfonamides is 1. The Bertz CT molecular complexity index is 652. The van der Waals surface area contributed by atoms with Crippen molar-refractivity contribution in [3.63, 3.8) is 0 Å². The molecule has 0 saturated carbocycles. The van der Waals surface area contributed by atoms with Gasteiger partial charge in [0, 0.05) is 13.6 Å². The highest BCUT2D eigenvalue weighted by Crippen LogP contribution is 2.33. The predicted molar refractivity (Wildman–Crippen MR) is 94.5 cm³/mol. The molecule has 0 heterocycles. The minimum Gasteiger partial charge on any atom is -0.496 e. The molecule has 0 spiro atoms. The second kappa shape index (κ2) is 7.20. The lowest BCUT2D eigenvalue weighted by Crippen LogP contribution is -2.40. The van der Waals surface area contributed by atoms with E-state index in [1.165, 1.54) is 4.31 Å². The van der Waals surface area contributed by atoms with Gasteiger partial charge in [0.05, 0.1) is 12.0 Å². The first kappa shape index (κ1) is 19.9. The van der Waals surface area contributed by atoms with Gasteiger partial charge in [-0.15, -0.1) is 0 Å². The third-order valence-electron chi connectivity index (χ3n) is 4.04. The Morgan fingerprint density at radius 3 is 2.30 bits per heavy atom. The van der Waals surface area contributed by atoms with E-state index in [9.17, 15) is 8.42 Å². The molecule has 0 aliphatic carbocycles. The molecular weight excluding hydrogens is 312 g/mol. The van der Waals surface area contributed by atoms with Crippen LogP contribution in [0.1, 0.15) is 44.7 Å². The van der Waals surface area contributed by atoms with Crippen LogP contribution in [0.5, 0.6) is 5.75 Å². The molecule has 0 amide bonds. The average Bonchev–Trinajstić information content (AvgIpc) is 2.45. The highest BCUT2D eigenvalue weighted by atomic mass is 32.2. The van der Waals surface area contributed by atoms with Gasteiger partial charge in [-0.05, 0) is 48.1 Å². The molecule has 0 atom stereocenters. The van der Waals surface area contributed by atoms with Gasteiger partial charge in [-0.3, -0.25) is 0 Å². The molecule has 0 unspecified atom stereocenters. The molecule has 132 valence electrons. The Morgan fingerprint density at radius 1 is 1.30 bits per heavy atom. The normalized spacial score (nSPS) is 13.0. The first-order valence-electron chi connectivity index (χ1n) is 7.81. The first-order valence-corrected chi connectivity index (χ1v) is 9.25. The van der Waals surface area contributed by atoms with Crippen LogP contribution < -0.4 is 10.5 Å². The SMILES string of the molecule is COc1cc(C)c(S(=O)(=O)N(C)CC(C)(C)CN)cc1C(C)C. The molecule has 0 saturated heterocycles. The maximum Gasteiger partial charge on any atom is 0.243 e. The number of aryl methyl sites for hydroxylation is 1. The van der Waals surface area contributed by atoms with Crippen molar-refractivity contribution in [2.75, 3.05) is 27.2 Å². The summed E-state index contributed by atoms with van der Waals surface area (Å²) in [6.07, 6.45) is 0. The van der Waals surface area contributed by atoms with Crippen LogP contribution in [0.4, 0.5) is 0 Å². The summed E-state index contributed by atoms with van der Waals surface area (Å²) in [4.78, 5) is 0.331. The van der Waals surface area contributed by atoms with Gasteiger partial charge in [0.2, 0.25) is 10.0 Å². The van der Waals surface area contributed by atoms with Crippen molar-refractivity contribution in [3.8, 4) is 5.75 Å². The Labute approximate surface area is 140 Å². The number of hydrogen-bond donors (Lipinski definition) is 1. The van der Waals surface area contributed by atoms with Crippen molar-refractivity contribution in [1.29, 1.82) is 0 Å². The molecule has 0 bridgehead atoms. The van der Waals surface area contributed by atoms with E-state index in [0.29, 0.717) is 23.5 Å². The maximum atomic E-state index is 13.0. The van der Waals surface area contributed by atoms with Crippen molar-refractivity contribution < 1.29 is 13.2 Å². The van der Waals surface area contributed by atoms with E-state index in [2.05, 4.69) is 0 Å². The summed E-state index contributed by atoms with van der Waals surface area (Å²) < 4.78 is 32.7. The molecular formula is C17H30N2O3S. The highest BCUT2D eigenvalue weighted by molar-refractivity contribution is 7.89. The summed E-state index contributed by atoms with van der Waals surface area (Å²) in [5.74, 6) is 0.895. The summed E-state index contributed by atoms with van der Waals surface area (Å²) >= 11 is 0. The minimum absolute atomic E-state index is 0.172. The van der Waals surface area contributed by atoms with E-state index < -0.39 is 10.0 Å². The number of nitrogens with zero attached hydrogens (tertiary/aromatic N) is 1. The van der Waals surface area contributed by atoms with Gasteiger partial charge in [0.15, 0.2) is 0 Å². The van der Waals surface area contributed by atoms with Gasteiger partial charge in [-0.25, -0.2) is 12.7 Å². The van der Waals surface area contributed by atoms with Crippen LogP contribution in [0.15, 0.2) is 17.0 Å². The van der Waals surface area contributed by atoms with Gasteiger partial charge in [-0.2, -0.15) is 0 Å². The molecule has 5 nitrogen and oxygen atoms in total. The van der Waals surface area contributed by atoms with Crippen molar-refractivity contribution in [3.05, 3.63) is 23.3 Å². The molecule has 0 aromatic heterocycles. The fourth-order valence-electron chi connectivity index (χ4n) is 2.50. The Morgan fingerprint density at radius 2 is 1.87 bits per heavy atom. The van der Waals surface area contributed by atoms with Crippen molar-refractivity contribution in [2.24, 2.45) is 11.1 Å². The van der Waals surface area contributed by atoms with Crippen LogP contribution in [-0.2, 0) is 10.0 Å². The van der Waals surface area contributed by atoms with Crippen LogP contribution in [0.25, 0.3) is 0 Å². The fraction of sp³-hybridized carbons (Fsp3) is 0.647. The third kappa shape index (κ3) is 4.46. The number of hydrogen-bond acceptors (Lipinski definition) is 4. The third-order valence-corrected chi connectivity index (χ3v) is 5.99. The van der Waals surface area contributed by atoms with Crippen molar-refractivity contribution in [1.82, 2.24) is 4.31 Å². The van der Waals surface area contributed by atoms with Gasteiger partial charge in [-0.1, -0.05) is 27.7 Å². The second-order valence-corrected chi connectivity index (χ2v) is 9.16. The Hall–Kier alpha value is -1.11. The van der Waals surface area contributed by atoms with E-state index in [1.807, 2.05) is 27.7 Å². The van der Waals surface area contributed by atoms with Crippen molar-refractivity contribution >= 4 is 10.0 Å². The smallest absolute Gasteiger partial charge is 0.243 e. The van der Waals surface area contributed by atoms with Crippen LogP contribution in [0.2, 0.25) is 0 Å². The number of ether oxygens (including phenoxy) is 1. The van der Waals surface area contributed by atoms with Gasteiger partial charge in [0.25, 0.3) is 0 Å². The molecule has 0 aliphatic heterocycles. The lowest BCUT2D eigenvalue weighted by atomic mass is 9.94. The second-order valence-electron chi connectivity index (χ2n) is 7.14. The number of nitrogens with two attached hydrogens (primary N) is 1. The topological polar surface area (TPSA) is 72.6 Å². The van der Waals surface area contributed by atoms with Gasteiger partial charge >= 0.3 is 0 Å². The van der Waals surface area contributed by atoms with E-state index >= 15 is 0 Å². The lowest BCUT2D eigenvalue weighted by Gasteiger charge is -2.29.